The molecule has 0 aromatic heterocycles. The molecule has 0 spiro atoms. The van der Waals surface area contributed by atoms with Crippen LogP contribution in [0.1, 0.15) is 71.1 Å². The Hall–Kier alpha value is 1.47. The molecule has 0 fully saturated rings. The van der Waals surface area contributed by atoms with Gasteiger partial charge in [0, 0.05) is 6.42 Å². The molecule has 0 aliphatic rings. The number of carbonyl (C=O) groups is 1. The standard InChI is InChI=1S/C12H25NO.2Na.2H/c1-2-3-4-5-6-7-8-9-10-11-12(13)14;;;;/h2-11H2,1H3,(H2,13,14);;;;. The Morgan fingerprint density at radius 3 is 1.56 bits per heavy atom. The molecule has 16 heavy (non-hydrogen) atoms. The number of rotatable bonds is 10. The Kier molecular flexibility index (Phi) is 26.6. The van der Waals surface area contributed by atoms with Gasteiger partial charge in [0.25, 0.3) is 0 Å². The molecule has 0 aliphatic heterocycles. The van der Waals surface area contributed by atoms with E-state index in [4.69, 9.17) is 5.73 Å². The molecule has 0 bridgehead atoms. The molecule has 0 saturated heterocycles. The summed E-state index contributed by atoms with van der Waals surface area (Å²) in [5.41, 5.74) is 5.05. The average molecular weight is 247 g/mol. The summed E-state index contributed by atoms with van der Waals surface area (Å²) in [5, 5.41) is 0. The second-order valence-electron chi connectivity index (χ2n) is 4.04. The molecule has 2 N–H and O–H groups in total. The zero-order chi connectivity index (χ0) is 10.6. The van der Waals surface area contributed by atoms with E-state index in [0.717, 1.165) is 12.8 Å². The minimum absolute atomic E-state index is 0. The van der Waals surface area contributed by atoms with Crippen molar-refractivity contribution in [2.24, 2.45) is 5.73 Å². The van der Waals surface area contributed by atoms with Gasteiger partial charge in [0.1, 0.15) is 0 Å². The summed E-state index contributed by atoms with van der Waals surface area (Å²) in [6.07, 6.45) is 12.1. The first kappa shape index (κ1) is 22.6. The number of primary amides is 1. The summed E-state index contributed by atoms with van der Waals surface area (Å²) in [6.45, 7) is 2.24. The molecular weight excluding hydrogens is 220 g/mol. The minimum atomic E-state index is -0.159. The van der Waals surface area contributed by atoms with Gasteiger partial charge < -0.3 is 5.73 Å². The summed E-state index contributed by atoms with van der Waals surface area (Å²) >= 11 is 0. The normalized spacial score (nSPS) is 9.06. The van der Waals surface area contributed by atoms with Crippen LogP contribution in [0.2, 0.25) is 0 Å². The van der Waals surface area contributed by atoms with Crippen LogP contribution in [0, 0.1) is 0 Å². The third-order valence-electron chi connectivity index (χ3n) is 2.53. The van der Waals surface area contributed by atoms with Crippen LogP contribution in [0.15, 0.2) is 0 Å². The van der Waals surface area contributed by atoms with Crippen molar-refractivity contribution in [2.75, 3.05) is 0 Å². The van der Waals surface area contributed by atoms with E-state index in [2.05, 4.69) is 6.92 Å². The Morgan fingerprint density at radius 1 is 0.812 bits per heavy atom. The van der Waals surface area contributed by atoms with E-state index in [1.54, 1.807) is 0 Å². The SMILES string of the molecule is CCCCCCCCCCCC(N)=O.[NaH].[NaH]. The van der Waals surface area contributed by atoms with Crippen LogP contribution in [0.3, 0.4) is 0 Å². The fraction of sp³-hybridized carbons (Fsp3) is 0.917. The summed E-state index contributed by atoms with van der Waals surface area (Å²) in [7, 11) is 0. The number of unbranched alkanes of at least 4 members (excludes halogenated alkanes) is 8. The van der Waals surface area contributed by atoms with Gasteiger partial charge in [-0.25, -0.2) is 0 Å². The maximum absolute atomic E-state index is 10.4. The summed E-state index contributed by atoms with van der Waals surface area (Å²) in [6, 6.07) is 0. The van der Waals surface area contributed by atoms with Crippen molar-refractivity contribution >= 4 is 65.0 Å². The maximum atomic E-state index is 10.4. The van der Waals surface area contributed by atoms with Crippen molar-refractivity contribution in [3.8, 4) is 0 Å². The first-order valence-corrected chi connectivity index (χ1v) is 6.05. The monoisotopic (exact) mass is 247 g/mol. The molecule has 2 nitrogen and oxygen atoms in total. The van der Waals surface area contributed by atoms with Crippen molar-refractivity contribution in [3.63, 3.8) is 0 Å². The van der Waals surface area contributed by atoms with Crippen molar-refractivity contribution in [2.45, 2.75) is 71.1 Å². The van der Waals surface area contributed by atoms with Gasteiger partial charge in [-0.1, -0.05) is 58.3 Å². The fourth-order valence-electron chi connectivity index (χ4n) is 1.61. The van der Waals surface area contributed by atoms with Crippen LogP contribution in [0.5, 0.6) is 0 Å². The van der Waals surface area contributed by atoms with Crippen LogP contribution in [0.4, 0.5) is 0 Å². The van der Waals surface area contributed by atoms with Crippen LogP contribution < -0.4 is 5.73 Å². The number of hydrogen-bond donors (Lipinski definition) is 1. The van der Waals surface area contributed by atoms with Gasteiger partial charge in [0.2, 0.25) is 5.91 Å². The van der Waals surface area contributed by atoms with E-state index in [1.807, 2.05) is 0 Å². The van der Waals surface area contributed by atoms with E-state index < -0.39 is 0 Å². The van der Waals surface area contributed by atoms with Crippen molar-refractivity contribution in [3.05, 3.63) is 0 Å². The van der Waals surface area contributed by atoms with Gasteiger partial charge in [-0.2, -0.15) is 0 Å². The molecule has 0 aromatic carbocycles. The van der Waals surface area contributed by atoms with E-state index >= 15 is 0 Å². The average Bonchev–Trinajstić information content (AvgIpc) is 2.15. The quantitative estimate of drug-likeness (QED) is 0.466. The molecule has 0 heterocycles. The van der Waals surface area contributed by atoms with Crippen molar-refractivity contribution < 1.29 is 4.79 Å². The van der Waals surface area contributed by atoms with Crippen LogP contribution in [-0.2, 0) is 4.79 Å². The predicted molar refractivity (Wildman–Crippen MR) is 75.3 cm³/mol. The molecule has 0 atom stereocenters. The molecule has 0 unspecified atom stereocenters. The molecule has 0 aromatic rings. The van der Waals surface area contributed by atoms with Gasteiger partial charge in [-0.3, -0.25) is 4.79 Å². The Labute approximate surface area is 145 Å². The second kappa shape index (κ2) is 18.8. The van der Waals surface area contributed by atoms with Crippen LogP contribution >= 0.6 is 0 Å². The Morgan fingerprint density at radius 2 is 1.19 bits per heavy atom. The summed E-state index contributed by atoms with van der Waals surface area (Å²) < 4.78 is 0. The van der Waals surface area contributed by atoms with Gasteiger partial charge >= 0.3 is 59.1 Å². The van der Waals surface area contributed by atoms with Crippen molar-refractivity contribution in [1.29, 1.82) is 0 Å². The first-order valence-electron chi connectivity index (χ1n) is 6.05. The zero-order valence-corrected chi connectivity index (χ0v) is 9.56. The molecule has 4 heteroatoms. The van der Waals surface area contributed by atoms with E-state index in [0.29, 0.717) is 6.42 Å². The van der Waals surface area contributed by atoms with Gasteiger partial charge in [-0.15, -0.1) is 0 Å². The Balaban J connectivity index is -0.000000845. The molecule has 0 saturated carbocycles. The number of amides is 1. The van der Waals surface area contributed by atoms with Gasteiger partial charge in [-0.05, 0) is 6.42 Å². The third kappa shape index (κ3) is 20.8. The van der Waals surface area contributed by atoms with Crippen LogP contribution in [-0.4, -0.2) is 65.0 Å². The first-order chi connectivity index (χ1) is 6.77. The fourth-order valence-corrected chi connectivity index (χ4v) is 1.61. The number of hydrogen-bond acceptors (Lipinski definition) is 1. The molecular formula is C12H27NNa2O. The number of nitrogens with two attached hydrogens (primary N) is 1. The van der Waals surface area contributed by atoms with E-state index in [9.17, 15) is 4.79 Å². The molecule has 0 radical (unpaired) electrons. The van der Waals surface area contributed by atoms with E-state index in [1.165, 1.54) is 44.9 Å². The third-order valence-corrected chi connectivity index (χ3v) is 2.53. The summed E-state index contributed by atoms with van der Waals surface area (Å²) in [4.78, 5) is 10.4. The van der Waals surface area contributed by atoms with Crippen LogP contribution in [0.25, 0.3) is 0 Å². The topological polar surface area (TPSA) is 43.1 Å². The molecule has 88 valence electrons. The molecule has 0 aliphatic carbocycles. The van der Waals surface area contributed by atoms with E-state index in [-0.39, 0.29) is 65.0 Å². The number of carbonyl (C=O) groups excluding carboxylic acids is 1. The molecule has 1 amide bonds. The summed E-state index contributed by atoms with van der Waals surface area (Å²) in [5.74, 6) is -0.159. The predicted octanol–water partition coefficient (Wildman–Crippen LogP) is 2.10. The Bertz CT molecular complexity index is 143. The molecule has 0 rings (SSSR count). The van der Waals surface area contributed by atoms with Crippen molar-refractivity contribution in [1.82, 2.24) is 0 Å². The zero-order valence-electron chi connectivity index (χ0n) is 9.56. The van der Waals surface area contributed by atoms with Gasteiger partial charge in [0.05, 0.1) is 0 Å². The van der Waals surface area contributed by atoms with Gasteiger partial charge in [0.15, 0.2) is 0 Å². The second-order valence-corrected chi connectivity index (χ2v) is 4.04.